The van der Waals surface area contributed by atoms with Crippen LogP contribution in [-0.4, -0.2) is 19.1 Å². The van der Waals surface area contributed by atoms with Crippen molar-refractivity contribution in [1.82, 2.24) is 0 Å². The monoisotopic (exact) mass is 220 g/mol. The average Bonchev–Trinajstić information content (AvgIpc) is 2.35. The summed E-state index contributed by atoms with van der Waals surface area (Å²) in [5.41, 5.74) is 6.94. The normalized spacial score (nSPS) is 10.8. The topological polar surface area (TPSA) is 29.3 Å². The van der Waals surface area contributed by atoms with Gasteiger partial charge in [-0.1, -0.05) is 32.0 Å². The highest BCUT2D eigenvalue weighted by Gasteiger charge is 2.14. The standard InChI is InChI=1S/C14H24N2/c1-3-13(4-2)16(12-8-11-15)14-9-6-5-7-10-14/h5-7,9-10,13H,3-4,8,11-12,15H2,1-2H3. The van der Waals surface area contributed by atoms with Crippen LogP contribution in [0.4, 0.5) is 5.69 Å². The number of nitrogens with zero attached hydrogens (tertiary/aromatic N) is 1. The minimum Gasteiger partial charge on any atom is -0.369 e. The Balaban J connectivity index is 2.78. The number of anilines is 1. The van der Waals surface area contributed by atoms with Gasteiger partial charge < -0.3 is 10.6 Å². The highest BCUT2D eigenvalue weighted by Crippen LogP contribution is 2.20. The summed E-state index contributed by atoms with van der Waals surface area (Å²) in [4.78, 5) is 2.49. The Hall–Kier alpha value is -1.02. The number of rotatable bonds is 7. The Morgan fingerprint density at radius 1 is 1.12 bits per heavy atom. The summed E-state index contributed by atoms with van der Waals surface area (Å²) in [5, 5.41) is 0. The molecule has 0 radical (unpaired) electrons. The molecular weight excluding hydrogens is 196 g/mol. The molecule has 0 atom stereocenters. The molecule has 0 fully saturated rings. The molecule has 2 nitrogen and oxygen atoms in total. The van der Waals surface area contributed by atoms with Gasteiger partial charge in [0.15, 0.2) is 0 Å². The predicted molar refractivity (Wildman–Crippen MR) is 71.8 cm³/mol. The molecule has 2 N–H and O–H groups in total. The van der Waals surface area contributed by atoms with Crippen molar-refractivity contribution < 1.29 is 0 Å². The molecule has 0 aliphatic heterocycles. The summed E-state index contributed by atoms with van der Waals surface area (Å²) in [5.74, 6) is 0. The molecule has 0 aliphatic carbocycles. The van der Waals surface area contributed by atoms with Crippen molar-refractivity contribution >= 4 is 5.69 Å². The maximum absolute atomic E-state index is 5.61. The fraction of sp³-hybridized carbons (Fsp3) is 0.571. The maximum Gasteiger partial charge on any atom is 0.0368 e. The zero-order valence-electron chi connectivity index (χ0n) is 10.5. The van der Waals surface area contributed by atoms with Crippen LogP contribution in [0.1, 0.15) is 33.1 Å². The number of benzene rings is 1. The first-order valence-electron chi connectivity index (χ1n) is 6.35. The van der Waals surface area contributed by atoms with E-state index in [-0.39, 0.29) is 0 Å². The van der Waals surface area contributed by atoms with Crippen LogP contribution in [0.3, 0.4) is 0 Å². The first-order valence-corrected chi connectivity index (χ1v) is 6.35. The van der Waals surface area contributed by atoms with Gasteiger partial charge >= 0.3 is 0 Å². The largest absolute Gasteiger partial charge is 0.369 e. The van der Waals surface area contributed by atoms with E-state index in [0.29, 0.717) is 6.04 Å². The van der Waals surface area contributed by atoms with Gasteiger partial charge in [-0.25, -0.2) is 0 Å². The van der Waals surface area contributed by atoms with Crippen LogP contribution in [0.5, 0.6) is 0 Å². The van der Waals surface area contributed by atoms with Crippen molar-refractivity contribution in [2.24, 2.45) is 5.73 Å². The zero-order valence-corrected chi connectivity index (χ0v) is 10.5. The zero-order chi connectivity index (χ0) is 11.8. The summed E-state index contributed by atoms with van der Waals surface area (Å²) in [6.07, 6.45) is 3.44. The van der Waals surface area contributed by atoms with Gasteiger partial charge in [0.2, 0.25) is 0 Å². The van der Waals surface area contributed by atoms with E-state index in [1.165, 1.54) is 18.5 Å². The molecule has 1 rings (SSSR count). The van der Waals surface area contributed by atoms with E-state index in [0.717, 1.165) is 19.5 Å². The van der Waals surface area contributed by atoms with Crippen molar-refractivity contribution in [3.8, 4) is 0 Å². The number of para-hydroxylation sites is 1. The van der Waals surface area contributed by atoms with E-state index < -0.39 is 0 Å². The van der Waals surface area contributed by atoms with Crippen molar-refractivity contribution in [2.45, 2.75) is 39.2 Å². The van der Waals surface area contributed by atoms with Gasteiger partial charge in [-0.05, 0) is 37.9 Å². The molecule has 0 amide bonds. The van der Waals surface area contributed by atoms with Gasteiger partial charge in [-0.15, -0.1) is 0 Å². The summed E-state index contributed by atoms with van der Waals surface area (Å²) in [6, 6.07) is 11.3. The third kappa shape index (κ3) is 3.53. The fourth-order valence-corrected chi connectivity index (χ4v) is 2.13. The molecule has 0 saturated heterocycles. The van der Waals surface area contributed by atoms with Crippen LogP contribution in [0.25, 0.3) is 0 Å². The lowest BCUT2D eigenvalue weighted by atomic mass is 10.1. The van der Waals surface area contributed by atoms with E-state index in [1.807, 2.05) is 0 Å². The first-order chi connectivity index (χ1) is 7.83. The van der Waals surface area contributed by atoms with Crippen molar-refractivity contribution in [3.05, 3.63) is 30.3 Å². The van der Waals surface area contributed by atoms with E-state index in [2.05, 4.69) is 49.1 Å². The third-order valence-corrected chi connectivity index (χ3v) is 3.07. The van der Waals surface area contributed by atoms with Gasteiger partial charge in [0.25, 0.3) is 0 Å². The quantitative estimate of drug-likeness (QED) is 0.765. The van der Waals surface area contributed by atoms with Crippen LogP contribution in [0.15, 0.2) is 30.3 Å². The van der Waals surface area contributed by atoms with Gasteiger partial charge in [0, 0.05) is 18.3 Å². The van der Waals surface area contributed by atoms with E-state index >= 15 is 0 Å². The second-order valence-electron chi connectivity index (χ2n) is 4.14. The Labute approximate surface area is 99.5 Å². The molecule has 1 aromatic rings. The summed E-state index contributed by atoms with van der Waals surface area (Å²) in [7, 11) is 0. The summed E-state index contributed by atoms with van der Waals surface area (Å²) >= 11 is 0. The Morgan fingerprint density at radius 2 is 1.75 bits per heavy atom. The third-order valence-electron chi connectivity index (χ3n) is 3.07. The highest BCUT2D eigenvalue weighted by molar-refractivity contribution is 5.46. The Bertz CT molecular complexity index is 267. The number of hydrogen-bond donors (Lipinski definition) is 1. The molecule has 0 heterocycles. The van der Waals surface area contributed by atoms with Gasteiger partial charge in [0.1, 0.15) is 0 Å². The van der Waals surface area contributed by atoms with Crippen LogP contribution in [0, 0.1) is 0 Å². The molecule has 1 aromatic carbocycles. The van der Waals surface area contributed by atoms with Crippen molar-refractivity contribution in [1.29, 1.82) is 0 Å². The molecule has 16 heavy (non-hydrogen) atoms. The summed E-state index contributed by atoms with van der Waals surface area (Å²) in [6.45, 7) is 6.34. The first kappa shape index (κ1) is 13.0. The van der Waals surface area contributed by atoms with Gasteiger partial charge in [0.05, 0.1) is 0 Å². The smallest absolute Gasteiger partial charge is 0.0368 e. The molecule has 0 aliphatic rings. The molecule has 0 saturated carbocycles. The van der Waals surface area contributed by atoms with Crippen molar-refractivity contribution in [2.75, 3.05) is 18.0 Å². The SMILES string of the molecule is CCC(CC)N(CCCN)c1ccccc1. The minimum atomic E-state index is 0.633. The van der Waals surface area contributed by atoms with Crippen LogP contribution in [0.2, 0.25) is 0 Å². The number of nitrogens with two attached hydrogens (primary N) is 1. The van der Waals surface area contributed by atoms with Crippen molar-refractivity contribution in [3.63, 3.8) is 0 Å². The van der Waals surface area contributed by atoms with E-state index in [9.17, 15) is 0 Å². The van der Waals surface area contributed by atoms with Crippen LogP contribution in [-0.2, 0) is 0 Å². The van der Waals surface area contributed by atoms with Gasteiger partial charge in [-0.2, -0.15) is 0 Å². The fourth-order valence-electron chi connectivity index (χ4n) is 2.13. The van der Waals surface area contributed by atoms with E-state index in [1.54, 1.807) is 0 Å². The number of hydrogen-bond acceptors (Lipinski definition) is 2. The predicted octanol–water partition coefficient (Wildman–Crippen LogP) is 3.03. The molecule has 90 valence electrons. The Kier molecular flexibility index (Phi) is 5.94. The lowest BCUT2D eigenvalue weighted by Gasteiger charge is -2.32. The van der Waals surface area contributed by atoms with E-state index in [4.69, 9.17) is 5.73 Å². The second kappa shape index (κ2) is 7.29. The molecule has 0 bridgehead atoms. The molecule has 0 spiro atoms. The second-order valence-corrected chi connectivity index (χ2v) is 4.14. The van der Waals surface area contributed by atoms with Crippen LogP contribution < -0.4 is 10.6 Å². The molecule has 0 unspecified atom stereocenters. The molecule has 2 heteroatoms. The molecular formula is C14H24N2. The minimum absolute atomic E-state index is 0.633. The highest BCUT2D eigenvalue weighted by atomic mass is 15.2. The average molecular weight is 220 g/mol. The summed E-state index contributed by atoms with van der Waals surface area (Å²) < 4.78 is 0. The van der Waals surface area contributed by atoms with Crippen LogP contribution >= 0.6 is 0 Å². The lowest BCUT2D eigenvalue weighted by Crippen LogP contribution is -2.36. The molecule has 0 aromatic heterocycles. The maximum atomic E-state index is 5.61. The Morgan fingerprint density at radius 3 is 2.25 bits per heavy atom. The lowest BCUT2D eigenvalue weighted by molar-refractivity contribution is 0.549. The van der Waals surface area contributed by atoms with Gasteiger partial charge in [-0.3, -0.25) is 0 Å².